The summed E-state index contributed by atoms with van der Waals surface area (Å²) in [5.41, 5.74) is 1.09. The lowest BCUT2D eigenvalue weighted by molar-refractivity contribution is -0.118. The van der Waals surface area contributed by atoms with E-state index in [1.54, 1.807) is 11.8 Å². The molecule has 0 heterocycles. The Balaban J connectivity index is 2.20. The number of hydrogen-bond donors (Lipinski definition) is 1. The highest BCUT2D eigenvalue weighted by atomic mass is 35.5. The van der Waals surface area contributed by atoms with Crippen LogP contribution in [0.4, 0.5) is 0 Å². The number of carbonyl (C=O) groups excluding carboxylic acids is 1. The van der Waals surface area contributed by atoms with Crippen LogP contribution in [0.25, 0.3) is 0 Å². The van der Waals surface area contributed by atoms with Crippen molar-refractivity contribution in [3.8, 4) is 0 Å². The van der Waals surface area contributed by atoms with Crippen LogP contribution in [0.2, 0.25) is 5.02 Å². The zero-order valence-electron chi connectivity index (χ0n) is 13.0. The van der Waals surface area contributed by atoms with Crippen LogP contribution in [0.1, 0.15) is 45.1 Å². The molecule has 0 radical (unpaired) electrons. The predicted molar refractivity (Wildman–Crippen MR) is 93.9 cm³/mol. The highest BCUT2D eigenvalue weighted by molar-refractivity contribution is 7.99. The molecule has 118 valence electrons. The second-order valence-corrected chi connectivity index (χ2v) is 6.70. The lowest BCUT2D eigenvalue weighted by Gasteiger charge is -2.15. The molecule has 0 bridgehead atoms. The summed E-state index contributed by atoms with van der Waals surface area (Å²) >= 11 is 7.70. The number of halogens is 1. The first kappa shape index (κ1) is 18.4. The maximum absolute atomic E-state index is 11.8. The molecule has 0 spiro atoms. The fourth-order valence-corrected chi connectivity index (χ4v) is 3.26. The van der Waals surface area contributed by atoms with Crippen LogP contribution in [0.3, 0.4) is 0 Å². The van der Waals surface area contributed by atoms with Gasteiger partial charge in [0.05, 0.1) is 5.75 Å². The summed E-state index contributed by atoms with van der Waals surface area (Å²) in [5, 5.41) is 3.82. The molecule has 0 aliphatic rings. The van der Waals surface area contributed by atoms with Gasteiger partial charge in [-0.25, -0.2) is 0 Å². The molecular weight excluding hydrogens is 302 g/mol. The molecule has 0 aliphatic heterocycles. The van der Waals surface area contributed by atoms with Crippen LogP contribution in [-0.2, 0) is 10.5 Å². The Morgan fingerprint density at radius 2 is 2.10 bits per heavy atom. The van der Waals surface area contributed by atoms with Gasteiger partial charge in [-0.15, -0.1) is 11.8 Å². The minimum absolute atomic E-state index is 0.127. The Hall–Kier alpha value is -0.670. The highest BCUT2D eigenvalue weighted by Gasteiger charge is 2.08. The largest absolute Gasteiger partial charge is 0.355 e. The van der Waals surface area contributed by atoms with Gasteiger partial charge in [0.25, 0.3) is 0 Å². The number of carbonyl (C=O) groups is 1. The average Bonchev–Trinajstić information content (AvgIpc) is 2.49. The molecule has 1 unspecified atom stereocenters. The topological polar surface area (TPSA) is 29.1 Å². The van der Waals surface area contributed by atoms with E-state index in [9.17, 15) is 4.79 Å². The quantitative estimate of drug-likeness (QED) is 0.661. The van der Waals surface area contributed by atoms with E-state index in [1.165, 1.54) is 19.3 Å². The van der Waals surface area contributed by atoms with Gasteiger partial charge in [0.15, 0.2) is 0 Å². The Morgan fingerprint density at radius 3 is 2.76 bits per heavy atom. The van der Waals surface area contributed by atoms with Crippen molar-refractivity contribution in [2.24, 2.45) is 5.92 Å². The second-order valence-electron chi connectivity index (χ2n) is 5.30. The van der Waals surface area contributed by atoms with E-state index in [0.29, 0.717) is 11.7 Å². The fraction of sp³-hybridized carbons (Fsp3) is 0.588. The maximum Gasteiger partial charge on any atom is 0.230 e. The Labute approximate surface area is 138 Å². The summed E-state index contributed by atoms with van der Waals surface area (Å²) in [7, 11) is 0. The minimum Gasteiger partial charge on any atom is -0.355 e. The molecule has 2 nitrogen and oxygen atoms in total. The molecule has 1 N–H and O–H groups in total. The van der Waals surface area contributed by atoms with E-state index < -0.39 is 0 Å². The summed E-state index contributed by atoms with van der Waals surface area (Å²) in [6, 6.07) is 7.79. The zero-order valence-corrected chi connectivity index (χ0v) is 14.6. The van der Waals surface area contributed by atoms with Gasteiger partial charge < -0.3 is 5.32 Å². The van der Waals surface area contributed by atoms with Gasteiger partial charge in [-0.05, 0) is 24.0 Å². The van der Waals surface area contributed by atoms with Gasteiger partial charge in [-0.1, -0.05) is 62.9 Å². The van der Waals surface area contributed by atoms with Crippen molar-refractivity contribution in [3.05, 3.63) is 34.9 Å². The summed E-state index contributed by atoms with van der Waals surface area (Å²) in [4.78, 5) is 11.8. The van der Waals surface area contributed by atoms with Crippen molar-refractivity contribution in [1.29, 1.82) is 0 Å². The van der Waals surface area contributed by atoms with Crippen LogP contribution < -0.4 is 5.32 Å². The van der Waals surface area contributed by atoms with Gasteiger partial charge >= 0.3 is 0 Å². The molecule has 0 fully saturated rings. The number of hydrogen-bond acceptors (Lipinski definition) is 2. The summed E-state index contributed by atoms with van der Waals surface area (Å²) in [6.07, 6.45) is 4.81. The number of amides is 1. The van der Waals surface area contributed by atoms with E-state index >= 15 is 0 Å². The number of unbranched alkanes of at least 4 members (excludes halogenated alkanes) is 1. The first-order chi connectivity index (χ1) is 10.2. The first-order valence-electron chi connectivity index (χ1n) is 7.75. The molecule has 21 heavy (non-hydrogen) atoms. The SMILES string of the molecule is CCCCC(CC)CNC(=O)CSCc1ccccc1Cl. The second kappa shape index (κ2) is 11.0. The number of benzene rings is 1. The molecular formula is C17H26ClNOS. The van der Waals surface area contributed by atoms with Crippen LogP contribution >= 0.6 is 23.4 Å². The molecule has 0 saturated carbocycles. The average molecular weight is 328 g/mol. The van der Waals surface area contributed by atoms with Crippen molar-refractivity contribution in [2.45, 2.75) is 45.3 Å². The molecule has 1 rings (SSSR count). The van der Waals surface area contributed by atoms with Gasteiger partial charge in [0, 0.05) is 17.3 Å². The summed E-state index contributed by atoms with van der Waals surface area (Å²) in [5.74, 6) is 2.01. The van der Waals surface area contributed by atoms with E-state index in [1.807, 2.05) is 24.3 Å². The molecule has 0 saturated heterocycles. The van der Waals surface area contributed by atoms with Crippen LogP contribution in [0, 0.1) is 5.92 Å². The highest BCUT2D eigenvalue weighted by Crippen LogP contribution is 2.20. The molecule has 1 atom stereocenters. The van der Waals surface area contributed by atoms with Gasteiger partial charge in [0.2, 0.25) is 5.91 Å². The van der Waals surface area contributed by atoms with Gasteiger partial charge in [-0.2, -0.15) is 0 Å². The van der Waals surface area contributed by atoms with Crippen molar-refractivity contribution in [2.75, 3.05) is 12.3 Å². The third-order valence-corrected chi connectivity index (χ3v) is 4.93. The van der Waals surface area contributed by atoms with Crippen molar-refractivity contribution >= 4 is 29.3 Å². The monoisotopic (exact) mass is 327 g/mol. The number of nitrogens with one attached hydrogen (secondary N) is 1. The molecule has 0 aliphatic carbocycles. The smallest absolute Gasteiger partial charge is 0.230 e. The van der Waals surface area contributed by atoms with Crippen LogP contribution in [0.15, 0.2) is 24.3 Å². The van der Waals surface area contributed by atoms with Crippen molar-refractivity contribution < 1.29 is 4.79 Å². The van der Waals surface area contributed by atoms with E-state index in [0.717, 1.165) is 29.3 Å². The Morgan fingerprint density at radius 1 is 1.33 bits per heavy atom. The molecule has 0 aromatic heterocycles. The number of thioether (sulfide) groups is 1. The minimum atomic E-state index is 0.127. The van der Waals surface area contributed by atoms with Gasteiger partial charge in [0.1, 0.15) is 0 Å². The standard InChI is InChI=1S/C17H26ClNOS/c1-3-5-8-14(4-2)11-19-17(20)13-21-12-15-9-6-7-10-16(15)18/h6-7,9-10,14H,3-5,8,11-13H2,1-2H3,(H,19,20). The Kier molecular flexibility index (Phi) is 9.60. The predicted octanol–water partition coefficient (Wildman–Crippen LogP) is 4.91. The lowest BCUT2D eigenvalue weighted by Crippen LogP contribution is -2.30. The van der Waals surface area contributed by atoms with E-state index in [4.69, 9.17) is 11.6 Å². The van der Waals surface area contributed by atoms with Crippen molar-refractivity contribution in [1.82, 2.24) is 5.32 Å². The van der Waals surface area contributed by atoms with Crippen LogP contribution in [-0.4, -0.2) is 18.2 Å². The van der Waals surface area contributed by atoms with Gasteiger partial charge in [-0.3, -0.25) is 4.79 Å². The molecule has 1 aromatic carbocycles. The molecule has 1 amide bonds. The first-order valence-corrected chi connectivity index (χ1v) is 9.28. The third-order valence-electron chi connectivity index (χ3n) is 3.58. The summed E-state index contributed by atoms with van der Waals surface area (Å²) in [6.45, 7) is 5.21. The van der Waals surface area contributed by atoms with E-state index in [-0.39, 0.29) is 5.91 Å². The van der Waals surface area contributed by atoms with Crippen LogP contribution in [0.5, 0.6) is 0 Å². The summed E-state index contributed by atoms with van der Waals surface area (Å²) < 4.78 is 0. The Bertz CT molecular complexity index is 425. The zero-order chi connectivity index (χ0) is 15.5. The van der Waals surface area contributed by atoms with Crippen molar-refractivity contribution in [3.63, 3.8) is 0 Å². The fourth-order valence-electron chi connectivity index (χ4n) is 2.12. The number of rotatable bonds is 10. The molecule has 4 heteroatoms. The third kappa shape index (κ3) is 7.77. The lowest BCUT2D eigenvalue weighted by atomic mass is 9.99. The maximum atomic E-state index is 11.8. The molecule has 1 aromatic rings. The normalized spacial score (nSPS) is 12.1. The van der Waals surface area contributed by atoms with E-state index in [2.05, 4.69) is 19.2 Å².